The van der Waals surface area contributed by atoms with E-state index in [2.05, 4.69) is 17.4 Å². The van der Waals surface area contributed by atoms with Gasteiger partial charge in [-0.15, -0.1) is 0 Å². The van der Waals surface area contributed by atoms with E-state index in [1.165, 1.54) is 5.56 Å². The third-order valence-corrected chi connectivity index (χ3v) is 3.23. The third kappa shape index (κ3) is 3.95. The van der Waals surface area contributed by atoms with Crippen molar-refractivity contribution in [2.24, 2.45) is 0 Å². The highest BCUT2D eigenvalue weighted by Gasteiger charge is 2.21. The number of amides is 1. The Balaban J connectivity index is 2.23. The topological polar surface area (TPSA) is 29.1 Å². The Hall–Kier alpha value is -2.09. The molecule has 0 aliphatic carbocycles. The fraction of sp³-hybridized carbons (Fsp3) is 0.278. The Morgan fingerprint density at radius 2 is 1.50 bits per heavy atom. The molecule has 2 heteroatoms. The maximum absolute atomic E-state index is 12.4. The minimum Gasteiger partial charge on any atom is -0.353 e. The molecule has 1 N–H and O–H groups in total. The lowest BCUT2D eigenvalue weighted by atomic mass is 9.91. The summed E-state index contributed by atoms with van der Waals surface area (Å²) >= 11 is 0. The van der Waals surface area contributed by atoms with E-state index in [9.17, 15) is 4.79 Å². The molecule has 0 radical (unpaired) electrons. The second-order valence-electron chi connectivity index (χ2n) is 5.32. The molecular formula is C18H21NO. The van der Waals surface area contributed by atoms with Crippen LogP contribution < -0.4 is 5.32 Å². The first-order valence-electron chi connectivity index (χ1n) is 7.06. The zero-order valence-corrected chi connectivity index (χ0v) is 12.0. The average Bonchev–Trinajstić information content (AvgIpc) is 2.46. The first-order valence-corrected chi connectivity index (χ1v) is 7.06. The van der Waals surface area contributed by atoms with Crippen molar-refractivity contribution in [1.29, 1.82) is 0 Å². The quantitative estimate of drug-likeness (QED) is 0.882. The molecule has 0 aliphatic heterocycles. The Bertz CT molecular complexity index is 534. The summed E-state index contributed by atoms with van der Waals surface area (Å²) < 4.78 is 0. The van der Waals surface area contributed by atoms with E-state index in [1.54, 1.807) is 0 Å². The lowest BCUT2D eigenvalue weighted by Crippen LogP contribution is -2.35. The van der Waals surface area contributed by atoms with Gasteiger partial charge in [0.05, 0.1) is 5.92 Å². The first kappa shape index (κ1) is 14.3. The fourth-order valence-corrected chi connectivity index (χ4v) is 2.28. The van der Waals surface area contributed by atoms with E-state index in [-0.39, 0.29) is 17.9 Å². The molecule has 0 saturated heterocycles. The minimum absolute atomic E-state index is 0.0926. The Morgan fingerprint density at radius 1 is 0.950 bits per heavy atom. The summed E-state index contributed by atoms with van der Waals surface area (Å²) in [4.78, 5) is 12.4. The maximum atomic E-state index is 12.4. The van der Waals surface area contributed by atoms with E-state index in [0.29, 0.717) is 0 Å². The zero-order valence-electron chi connectivity index (χ0n) is 12.0. The van der Waals surface area contributed by atoms with Crippen LogP contribution in [0, 0.1) is 0 Å². The van der Waals surface area contributed by atoms with E-state index >= 15 is 0 Å². The van der Waals surface area contributed by atoms with Gasteiger partial charge in [0, 0.05) is 6.04 Å². The molecule has 0 saturated carbocycles. The normalized spacial score (nSPS) is 12.2. The van der Waals surface area contributed by atoms with Crippen molar-refractivity contribution in [2.45, 2.75) is 32.2 Å². The van der Waals surface area contributed by atoms with Crippen LogP contribution in [0.5, 0.6) is 0 Å². The van der Waals surface area contributed by atoms with Crippen molar-refractivity contribution >= 4 is 5.91 Å². The number of carbonyl (C=O) groups excluding carboxylic acids is 1. The standard InChI is InChI=1S/C18H21NO/c1-14(2)19-18(20)17(16-11-7-4-8-12-16)13-15-9-5-3-6-10-15/h3-12,14,17H,13H2,1-2H3,(H,19,20). The lowest BCUT2D eigenvalue weighted by Gasteiger charge is -2.19. The molecule has 2 nitrogen and oxygen atoms in total. The Morgan fingerprint density at radius 3 is 2.05 bits per heavy atom. The molecule has 2 rings (SSSR count). The van der Waals surface area contributed by atoms with Crippen molar-refractivity contribution in [1.82, 2.24) is 5.32 Å². The molecule has 0 fully saturated rings. The number of hydrogen-bond acceptors (Lipinski definition) is 1. The van der Waals surface area contributed by atoms with E-state index in [0.717, 1.165) is 12.0 Å². The van der Waals surface area contributed by atoms with Crippen molar-refractivity contribution in [2.75, 3.05) is 0 Å². The number of nitrogens with one attached hydrogen (secondary N) is 1. The molecule has 0 bridgehead atoms. The van der Waals surface area contributed by atoms with Gasteiger partial charge in [-0.3, -0.25) is 4.79 Å². The lowest BCUT2D eigenvalue weighted by molar-refractivity contribution is -0.123. The van der Waals surface area contributed by atoms with Gasteiger partial charge in [-0.05, 0) is 31.4 Å². The minimum atomic E-state index is -0.138. The maximum Gasteiger partial charge on any atom is 0.228 e. The second-order valence-corrected chi connectivity index (χ2v) is 5.32. The Kier molecular flexibility index (Phi) is 4.94. The summed E-state index contributed by atoms with van der Waals surface area (Å²) in [6.45, 7) is 3.98. The molecule has 1 amide bonds. The monoisotopic (exact) mass is 267 g/mol. The smallest absolute Gasteiger partial charge is 0.228 e. The van der Waals surface area contributed by atoms with Crippen LogP contribution in [0.3, 0.4) is 0 Å². The van der Waals surface area contributed by atoms with E-state index in [4.69, 9.17) is 0 Å². The molecule has 104 valence electrons. The predicted molar refractivity (Wildman–Crippen MR) is 82.6 cm³/mol. The Labute approximate surface area is 120 Å². The van der Waals surface area contributed by atoms with Crippen LogP contribution in [-0.2, 0) is 11.2 Å². The van der Waals surface area contributed by atoms with Gasteiger partial charge in [-0.1, -0.05) is 60.7 Å². The second kappa shape index (κ2) is 6.90. The van der Waals surface area contributed by atoms with Gasteiger partial charge in [0.15, 0.2) is 0 Å². The van der Waals surface area contributed by atoms with Gasteiger partial charge >= 0.3 is 0 Å². The van der Waals surface area contributed by atoms with Crippen LogP contribution >= 0.6 is 0 Å². The average molecular weight is 267 g/mol. The third-order valence-electron chi connectivity index (χ3n) is 3.23. The summed E-state index contributed by atoms with van der Waals surface area (Å²) in [6, 6.07) is 20.3. The van der Waals surface area contributed by atoms with Gasteiger partial charge in [0.1, 0.15) is 0 Å². The molecule has 2 aromatic rings. The predicted octanol–water partition coefficient (Wildman–Crippen LogP) is 3.54. The van der Waals surface area contributed by atoms with E-state index < -0.39 is 0 Å². The number of carbonyl (C=O) groups is 1. The highest BCUT2D eigenvalue weighted by molar-refractivity contribution is 5.84. The summed E-state index contributed by atoms with van der Waals surface area (Å²) in [5.41, 5.74) is 2.25. The number of hydrogen-bond donors (Lipinski definition) is 1. The molecule has 0 spiro atoms. The van der Waals surface area contributed by atoms with Crippen molar-refractivity contribution < 1.29 is 4.79 Å². The molecule has 0 aromatic heterocycles. The molecular weight excluding hydrogens is 246 g/mol. The highest BCUT2D eigenvalue weighted by atomic mass is 16.1. The molecule has 1 atom stereocenters. The van der Waals surface area contributed by atoms with Gasteiger partial charge < -0.3 is 5.32 Å². The van der Waals surface area contributed by atoms with Crippen molar-refractivity contribution in [3.05, 3.63) is 71.8 Å². The fourth-order valence-electron chi connectivity index (χ4n) is 2.28. The van der Waals surface area contributed by atoms with Crippen LogP contribution in [0.4, 0.5) is 0 Å². The SMILES string of the molecule is CC(C)NC(=O)C(Cc1ccccc1)c1ccccc1. The first-order chi connectivity index (χ1) is 9.66. The van der Waals surface area contributed by atoms with Gasteiger partial charge in [-0.25, -0.2) is 0 Å². The molecule has 20 heavy (non-hydrogen) atoms. The summed E-state index contributed by atoms with van der Waals surface area (Å²) in [5, 5.41) is 3.02. The summed E-state index contributed by atoms with van der Waals surface area (Å²) in [5.74, 6) is -0.0453. The van der Waals surface area contributed by atoms with Crippen LogP contribution in [0.2, 0.25) is 0 Å². The van der Waals surface area contributed by atoms with Gasteiger partial charge in [0.25, 0.3) is 0 Å². The summed E-state index contributed by atoms with van der Waals surface area (Å²) in [7, 11) is 0. The van der Waals surface area contributed by atoms with Crippen molar-refractivity contribution in [3.63, 3.8) is 0 Å². The van der Waals surface area contributed by atoms with Crippen LogP contribution in [-0.4, -0.2) is 11.9 Å². The summed E-state index contributed by atoms with van der Waals surface area (Å²) in [6.07, 6.45) is 0.726. The highest BCUT2D eigenvalue weighted by Crippen LogP contribution is 2.21. The van der Waals surface area contributed by atoms with Crippen molar-refractivity contribution in [3.8, 4) is 0 Å². The number of benzene rings is 2. The molecule has 1 unspecified atom stereocenters. The molecule has 0 aliphatic rings. The largest absolute Gasteiger partial charge is 0.353 e. The van der Waals surface area contributed by atoms with Crippen LogP contribution in [0.15, 0.2) is 60.7 Å². The molecule has 2 aromatic carbocycles. The van der Waals surface area contributed by atoms with Gasteiger partial charge in [-0.2, -0.15) is 0 Å². The van der Waals surface area contributed by atoms with Crippen LogP contribution in [0.25, 0.3) is 0 Å². The van der Waals surface area contributed by atoms with Crippen LogP contribution in [0.1, 0.15) is 30.9 Å². The zero-order chi connectivity index (χ0) is 14.4. The number of rotatable bonds is 5. The van der Waals surface area contributed by atoms with Gasteiger partial charge in [0.2, 0.25) is 5.91 Å². The van der Waals surface area contributed by atoms with E-state index in [1.807, 2.05) is 62.4 Å². The molecule has 0 heterocycles.